The number of para-hydroxylation sites is 2. The lowest BCUT2D eigenvalue weighted by Crippen LogP contribution is -2.06. The van der Waals surface area contributed by atoms with Gasteiger partial charge in [0.2, 0.25) is 5.95 Å². The van der Waals surface area contributed by atoms with E-state index in [0.717, 1.165) is 188 Å². The van der Waals surface area contributed by atoms with Crippen LogP contribution in [0, 0.1) is 11.3 Å². The zero-order chi connectivity index (χ0) is 95.8. The van der Waals surface area contributed by atoms with Crippen molar-refractivity contribution in [1.29, 1.82) is 5.26 Å². The fraction of sp³-hybridized carbons (Fsp3) is 0. The predicted molar refractivity (Wildman–Crippen MR) is 582 cm³/mol. The van der Waals surface area contributed by atoms with Crippen molar-refractivity contribution in [1.82, 2.24) is 49.4 Å². The highest BCUT2D eigenvalue weighted by Crippen LogP contribution is 2.45. The molecule has 0 spiro atoms. The molecule has 27 aromatic rings. The van der Waals surface area contributed by atoms with E-state index >= 15 is 0 Å². The van der Waals surface area contributed by atoms with Gasteiger partial charge in [-0.2, -0.15) is 15.2 Å². The van der Waals surface area contributed by atoms with Gasteiger partial charge < -0.3 is 13.3 Å². The van der Waals surface area contributed by atoms with Gasteiger partial charge in [-0.15, -0.1) is 0 Å². The van der Waals surface area contributed by atoms with E-state index in [1.54, 1.807) is 0 Å². The molecule has 0 saturated carbocycles. The number of furan rings is 3. The van der Waals surface area contributed by atoms with Crippen molar-refractivity contribution in [2.45, 2.75) is 0 Å². The van der Waals surface area contributed by atoms with Crippen LogP contribution in [0.3, 0.4) is 0 Å². The monoisotopic (exact) mass is 1840 g/mol. The third kappa shape index (κ3) is 16.7. The highest BCUT2D eigenvalue weighted by atomic mass is 16.3. The largest absolute Gasteiger partial charge is 0.456 e. The molecule has 0 aliphatic carbocycles. The maximum atomic E-state index is 9.37. The first-order chi connectivity index (χ1) is 71.3. The van der Waals surface area contributed by atoms with Gasteiger partial charge in [0.15, 0.2) is 46.6 Å². The summed E-state index contributed by atoms with van der Waals surface area (Å²) in [6.45, 7) is 0. The average molecular weight is 1850 g/mol. The second-order valence-electron chi connectivity index (χ2n) is 35.3. The third-order valence-electron chi connectivity index (χ3n) is 26.5. The quantitative estimate of drug-likeness (QED) is 0.0891. The second-order valence-corrected chi connectivity index (χ2v) is 35.3. The van der Waals surface area contributed by atoms with Crippen LogP contribution in [0.25, 0.3) is 263 Å². The van der Waals surface area contributed by atoms with Crippen LogP contribution in [0.5, 0.6) is 0 Å². The molecule has 0 fully saturated rings. The van der Waals surface area contributed by atoms with E-state index in [4.69, 9.17) is 58.1 Å². The van der Waals surface area contributed by atoms with E-state index in [1.165, 1.54) is 22.3 Å². The van der Waals surface area contributed by atoms with Crippen LogP contribution in [-0.2, 0) is 0 Å². The minimum atomic E-state index is 0.542. The van der Waals surface area contributed by atoms with Crippen LogP contribution in [0.15, 0.2) is 505 Å². The number of aromatic nitrogens is 10. The molecule has 14 nitrogen and oxygen atoms in total. The molecule has 7 aromatic heterocycles. The molecule has 0 N–H and O–H groups in total. The summed E-state index contributed by atoms with van der Waals surface area (Å²) in [7, 11) is 0. The molecule has 0 radical (unpaired) electrons. The van der Waals surface area contributed by atoms with Crippen molar-refractivity contribution in [3.63, 3.8) is 0 Å². The van der Waals surface area contributed by atoms with Crippen molar-refractivity contribution in [2.75, 3.05) is 0 Å². The normalized spacial score (nSPS) is 11.3. The number of nitrogens with zero attached hydrogens (tertiary/aromatic N) is 11. The molecule has 20 aromatic carbocycles. The third-order valence-corrected chi connectivity index (χ3v) is 26.5. The fourth-order valence-electron chi connectivity index (χ4n) is 19.3. The van der Waals surface area contributed by atoms with Crippen molar-refractivity contribution in [2.24, 2.45) is 0 Å². The topological polar surface area (TPSA) is 184 Å². The van der Waals surface area contributed by atoms with Gasteiger partial charge in [0.25, 0.3) is 0 Å². The molecule has 7 heterocycles. The molecule has 0 unspecified atom stereocenters. The summed E-state index contributed by atoms with van der Waals surface area (Å²) >= 11 is 0. The van der Waals surface area contributed by atoms with Gasteiger partial charge in [-0.3, -0.25) is 4.57 Å². The first-order valence-corrected chi connectivity index (χ1v) is 47.7. The highest BCUT2D eigenvalue weighted by molar-refractivity contribution is 6.16. The highest BCUT2D eigenvalue weighted by Gasteiger charge is 2.25. The van der Waals surface area contributed by atoms with E-state index in [9.17, 15) is 5.26 Å². The van der Waals surface area contributed by atoms with Gasteiger partial charge in [0.05, 0.1) is 22.7 Å². The minimum Gasteiger partial charge on any atom is -0.456 e. The van der Waals surface area contributed by atoms with Gasteiger partial charge in [0, 0.05) is 87.6 Å². The van der Waals surface area contributed by atoms with Crippen LogP contribution in [0.1, 0.15) is 5.56 Å². The molecule has 0 aliphatic rings. The van der Waals surface area contributed by atoms with Crippen LogP contribution < -0.4 is 0 Å². The number of rotatable bonds is 16. The van der Waals surface area contributed by atoms with Gasteiger partial charge in [-0.1, -0.05) is 406 Å². The lowest BCUT2D eigenvalue weighted by molar-refractivity contribution is 0.668. The lowest BCUT2D eigenvalue weighted by atomic mass is 9.96. The van der Waals surface area contributed by atoms with Crippen molar-refractivity contribution < 1.29 is 13.3 Å². The summed E-state index contributed by atoms with van der Waals surface area (Å²) in [4.78, 5) is 45.1. The molecule has 14 heteroatoms. The van der Waals surface area contributed by atoms with Gasteiger partial charge >= 0.3 is 0 Å². The molecular weight excluding hydrogens is 1760 g/mol. The van der Waals surface area contributed by atoms with E-state index in [1.807, 2.05) is 194 Å². The molecule has 0 saturated heterocycles. The first kappa shape index (κ1) is 85.8. The maximum Gasteiger partial charge on any atom is 0.238 e. The molecule has 0 aliphatic heterocycles. The van der Waals surface area contributed by atoms with E-state index in [2.05, 4.69) is 308 Å². The molecule has 0 bridgehead atoms. The van der Waals surface area contributed by atoms with Crippen LogP contribution in [-0.4, -0.2) is 49.4 Å². The Labute approximate surface area is 827 Å². The summed E-state index contributed by atoms with van der Waals surface area (Å²) in [5.41, 5.74) is 30.6. The summed E-state index contributed by atoms with van der Waals surface area (Å²) in [6, 6.07) is 170. The molecule has 27 rings (SSSR count). The Morgan fingerprint density at radius 3 is 0.771 bits per heavy atom. The lowest BCUT2D eigenvalue weighted by Gasteiger charge is -2.11. The van der Waals surface area contributed by atoms with Crippen LogP contribution in [0.2, 0.25) is 0 Å². The van der Waals surface area contributed by atoms with Crippen molar-refractivity contribution in [3.8, 4) is 181 Å². The Morgan fingerprint density at radius 2 is 0.410 bits per heavy atom. The zero-order valence-corrected chi connectivity index (χ0v) is 77.4. The van der Waals surface area contributed by atoms with Gasteiger partial charge in [0.1, 0.15) is 33.5 Å². The van der Waals surface area contributed by atoms with Gasteiger partial charge in [-0.25, -0.2) is 34.9 Å². The number of hydrogen-bond donors (Lipinski definition) is 0. The number of benzene rings is 20. The van der Waals surface area contributed by atoms with Crippen molar-refractivity contribution >= 4 is 87.6 Å². The standard InChI is InChI=1S/C46H27N5O.C45H29N3O.C39H25N3O/c47-28-29-17-19-32(20-18-29)35-13-8-16-42-43(35)38-27-34(25-26-41(38)52-42)45-48-44(33-23-21-31(22-24-33)30-9-2-1-3-10-30)49-46(50-45)51-39-14-6-4-11-36(39)37-12-5-7-15-40(37)51;1-4-11-30(12-5-1)32-19-23-34(24-20-32)38-17-10-18-40-42(38)39-28-27-37(29-41(39)49-40)45-47-43(35-15-8-3-9-16-35)46-44(48-45)36-25-21-33(22-26-36)31-13-6-2-7-14-31;1-4-11-26(12-5-1)27-19-21-30(22-20-27)38-40-37(29-15-8-3-9-16-29)41-39(42-38)31-23-24-33-35(25-31)43-34-18-10-17-32(36(33)34)28-13-6-2-7-14-28/h1-27H;1-29H;1-25H. The Balaban J connectivity index is 0.000000114. The van der Waals surface area contributed by atoms with Gasteiger partial charge in [-0.05, 0) is 163 Å². The molecule has 0 atom stereocenters. The van der Waals surface area contributed by atoms with Crippen LogP contribution >= 0.6 is 0 Å². The SMILES string of the molecule is N#Cc1ccc(-c2cccc3oc4ccc(-c5nc(-c6ccc(-c7ccccc7)cc6)nc(-n6c7ccccc7c7ccccc76)n5)cc4c23)cc1.c1ccc(-c2ccc(-c3nc(-c4ccccc4)nc(-c4ccc5c(c4)oc4cccc(-c6ccc(-c7ccccc7)cc6)c45)n3)cc2)cc1.c1ccc(-c2ccc(-c3nc(-c4ccccc4)nc(-c4ccc5c(c4)oc4cccc(-c6ccccc6)c45)n3)cc2)cc1. The Hall–Kier alpha value is -19.9. The van der Waals surface area contributed by atoms with Crippen molar-refractivity contribution in [3.05, 3.63) is 497 Å². The minimum absolute atomic E-state index is 0.542. The summed E-state index contributed by atoms with van der Waals surface area (Å²) in [5.74, 6) is 5.37. The average Bonchev–Trinajstić information content (AvgIpc) is 1.58. The van der Waals surface area contributed by atoms with E-state index < -0.39 is 0 Å². The molecule has 0 amide bonds. The first-order valence-electron chi connectivity index (χ1n) is 47.7. The summed E-state index contributed by atoms with van der Waals surface area (Å²) in [6.07, 6.45) is 0. The summed E-state index contributed by atoms with van der Waals surface area (Å²) < 4.78 is 21.4. The molecular formula is C130H81N11O3. The Kier molecular flexibility index (Phi) is 22.4. The second kappa shape index (κ2) is 37.6. The maximum absolute atomic E-state index is 9.37. The van der Waals surface area contributed by atoms with E-state index in [-0.39, 0.29) is 0 Å². The fourth-order valence-corrected chi connectivity index (χ4v) is 19.3. The number of fused-ring (bicyclic) bond motifs is 12. The Morgan fingerprint density at radius 1 is 0.167 bits per heavy atom. The number of nitriles is 1. The number of hydrogen-bond acceptors (Lipinski definition) is 13. The van der Waals surface area contributed by atoms with Crippen LogP contribution in [0.4, 0.5) is 0 Å². The molecule has 674 valence electrons. The smallest absolute Gasteiger partial charge is 0.238 e. The predicted octanol–water partition coefficient (Wildman–Crippen LogP) is 33.3. The summed E-state index contributed by atoms with van der Waals surface area (Å²) in [5, 5.41) is 17.9. The zero-order valence-electron chi connectivity index (χ0n) is 77.4. The van der Waals surface area contributed by atoms with E-state index in [0.29, 0.717) is 58.1 Å². The molecule has 144 heavy (non-hydrogen) atoms. The Bertz CT molecular complexity index is 9460.